The minimum atomic E-state index is -1.01. The number of carbonyl (C=O) groups is 1. The number of nitrogens with two attached hydrogens (primary N) is 1. The van der Waals surface area contributed by atoms with Gasteiger partial charge in [-0.2, -0.15) is 5.10 Å². The minimum Gasteiger partial charge on any atom is -0.480 e. The third-order valence-corrected chi connectivity index (χ3v) is 2.28. The number of aryl methyl sites for hydroxylation is 2. The molecule has 1 aliphatic rings. The summed E-state index contributed by atoms with van der Waals surface area (Å²) in [5.41, 5.74) is 5.38. The average molecular weight is 196 g/mol. The van der Waals surface area contributed by atoms with E-state index in [0.29, 0.717) is 5.82 Å². The van der Waals surface area contributed by atoms with Crippen molar-refractivity contribution in [3.63, 3.8) is 0 Å². The first kappa shape index (κ1) is 9.14. The van der Waals surface area contributed by atoms with Gasteiger partial charge >= 0.3 is 5.97 Å². The topological polar surface area (TPSA) is 94.0 Å². The van der Waals surface area contributed by atoms with Crippen LogP contribution in [0.3, 0.4) is 0 Å². The quantitative estimate of drug-likeness (QED) is 0.658. The summed E-state index contributed by atoms with van der Waals surface area (Å²) >= 11 is 0. The zero-order valence-corrected chi connectivity index (χ0v) is 7.68. The summed E-state index contributed by atoms with van der Waals surface area (Å²) in [6.45, 7) is 0.880. The molecule has 1 aromatic heterocycles. The van der Waals surface area contributed by atoms with Gasteiger partial charge in [-0.15, -0.1) is 0 Å². The maximum Gasteiger partial charge on any atom is 0.320 e. The van der Waals surface area contributed by atoms with E-state index in [2.05, 4.69) is 10.1 Å². The Labute approximate surface area is 80.7 Å². The number of carboxylic acid groups (broad SMARTS) is 1. The lowest BCUT2D eigenvalue weighted by atomic mass is 10.2. The van der Waals surface area contributed by atoms with Crippen molar-refractivity contribution in [3.8, 4) is 0 Å². The maximum atomic E-state index is 10.5. The second kappa shape index (κ2) is 3.38. The molecule has 1 unspecified atom stereocenters. The predicted octanol–water partition coefficient (Wildman–Crippen LogP) is -0.821. The lowest BCUT2D eigenvalue weighted by Gasteiger charge is -2.01. The highest BCUT2D eigenvalue weighted by Crippen LogP contribution is 2.11. The van der Waals surface area contributed by atoms with Gasteiger partial charge < -0.3 is 10.8 Å². The Morgan fingerprint density at radius 1 is 1.71 bits per heavy atom. The molecular formula is C8H12N4O2. The van der Waals surface area contributed by atoms with Crippen LogP contribution in [0.25, 0.3) is 0 Å². The van der Waals surface area contributed by atoms with E-state index in [9.17, 15) is 4.79 Å². The maximum absolute atomic E-state index is 10.5. The highest BCUT2D eigenvalue weighted by atomic mass is 16.4. The van der Waals surface area contributed by atoms with Gasteiger partial charge in [-0.1, -0.05) is 0 Å². The van der Waals surface area contributed by atoms with Crippen molar-refractivity contribution in [2.75, 3.05) is 0 Å². The molecule has 0 spiro atoms. The summed E-state index contributed by atoms with van der Waals surface area (Å²) in [5, 5.41) is 12.8. The second-order valence-corrected chi connectivity index (χ2v) is 3.42. The molecule has 3 N–H and O–H groups in total. The molecule has 6 nitrogen and oxygen atoms in total. The lowest BCUT2D eigenvalue weighted by Crippen LogP contribution is -2.32. The van der Waals surface area contributed by atoms with Gasteiger partial charge in [0.25, 0.3) is 0 Å². The molecule has 0 saturated carbocycles. The Hall–Kier alpha value is -1.43. The average Bonchev–Trinajstić information content (AvgIpc) is 2.63. The molecule has 2 heterocycles. The standard InChI is InChI=1S/C8H12N4O2/c9-5(8(13)14)4-6-10-7-2-1-3-12(7)11-6/h5H,1-4,9H2,(H,13,14). The van der Waals surface area contributed by atoms with Gasteiger partial charge in [0.15, 0.2) is 5.82 Å². The molecular weight excluding hydrogens is 184 g/mol. The van der Waals surface area contributed by atoms with Crippen molar-refractivity contribution in [3.05, 3.63) is 11.6 Å². The van der Waals surface area contributed by atoms with Crippen LogP contribution in [-0.4, -0.2) is 31.9 Å². The van der Waals surface area contributed by atoms with Crippen molar-refractivity contribution >= 4 is 5.97 Å². The van der Waals surface area contributed by atoms with Crippen LogP contribution in [0.5, 0.6) is 0 Å². The number of nitrogens with zero attached hydrogens (tertiary/aromatic N) is 3. The van der Waals surface area contributed by atoms with Gasteiger partial charge in [0.1, 0.15) is 11.9 Å². The molecule has 0 saturated heterocycles. The fourth-order valence-electron chi connectivity index (χ4n) is 1.55. The zero-order valence-electron chi connectivity index (χ0n) is 7.68. The smallest absolute Gasteiger partial charge is 0.320 e. The molecule has 14 heavy (non-hydrogen) atoms. The van der Waals surface area contributed by atoms with Crippen LogP contribution < -0.4 is 5.73 Å². The molecule has 76 valence electrons. The summed E-state index contributed by atoms with van der Waals surface area (Å²) < 4.78 is 1.82. The largest absolute Gasteiger partial charge is 0.480 e. The predicted molar refractivity (Wildman–Crippen MR) is 47.7 cm³/mol. The van der Waals surface area contributed by atoms with Crippen LogP contribution in [0.4, 0.5) is 0 Å². The molecule has 0 radical (unpaired) electrons. The first-order chi connectivity index (χ1) is 6.66. The third-order valence-electron chi connectivity index (χ3n) is 2.28. The van der Waals surface area contributed by atoms with Crippen LogP contribution in [-0.2, 0) is 24.2 Å². The zero-order chi connectivity index (χ0) is 10.1. The molecule has 0 fully saturated rings. The SMILES string of the molecule is NC(Cc1nc2n(n1)CCC2)C(=O)O. The first-order valence-corrected chi connectivity index (χ1v) is 4.58. The van der Waals surface area contributed by atoms with E-state index >= 15 is 0 Å². The molecule has 1 aromatic rings. The van der Waals surface area contributed by atoms with E-state index in [4.69, 9.17) is 10.8 Å². The summed E-state index contributed by atoms with van der Waals surface area (Å²) in [4.78, 5) is 14.7. The third kappa shape index (κ3) is 1.60. The van der Waals surface area contributed by atoms with Crippen LogP contribution in [0.15, 0.2) is 0 Å². The molecule has 1 aliphatic heterocycles. The lowest BCUT2D eigenvalue weighted by molar-refractivity contribution is -0.138. The number of aliphatic carboxylic acids is 1. The summed E-state index contributed by atoms with van der Waals surface area (Å²) in [6.07, 6.45) is 2.20. The number of rotatable bonds is 3. The number of carboxylic acids is 1. The van der Waals surface area contributed by atoms with Crippen LogP contribution in [0, 0.1) is 0 Å². The normalized spacial score (nSPS) is 16.6. The van der Waals surface area contributed by atoms with Crippen LogP contribution in [0.1, 0.15) is 18.1 Å². The van der Waals surface area contributed by atoms with E-state index in [0.717, 1.165) is 25.2 Å². The van der Waals surface area contributed by atoms with Crippen molar-refractivity contribution < 1.29 is 9.90 Å². The van der Waals surface area contributed by atoms with E-state index in [1.807, 2.05) is 4.68 Å². The summed E-state index contributed by atoms with van der Waals surface area (Å²) in [7, 11) is 0. The number of fused-ring (bicyclic) bond motifs is 1. The van der Waals surface area contributed by atoms with E-state index < -0.39 is 12.0 Å². The van der Waals surface area contributed by atoms with Gasteiger partial charge in [0, 0.05) is 19.4 Å². The summed E-state index contributed by atoms with van der Waals surface area (Å²) in [5.74, 6) is 0.465. The second-order valence-electron chi connectivity index (χ2n) is 3.42. The highest BCUT2D eigenvalue weighted by molar-refractivity contribution is 5.73. The molecule has 6 heteroatoms. The Morgan fingerprint density at radius 2 is 2.50 bits per heavy atom. The van der Waals surface area contributed by atoms with E-state index in [-0.39, 0.29) is 6.42 Å². The van der Waals surface area contributed by atoms with Crippen LogP contribution >= 0.6 is 0 Å². The van der Waals surface area contributed by atoms with Gasteiger partial charge in [-0.3, -0.25) is 4.79 Å². The van der Waals surface area contributed by atoms with Crippen molar-refractivity contribution in [2.45, 2.75) is 31.8 Å². The van der Waals surface area contributed by atoms with Gasteiger partial charge in [-0.25, -0.2) is 9.67 Å². The number of aromatic nitrogens is 3. The molecule has 0 amide bonds. The highest BCUT2D eigenvalue weighted by Gasteiger charge is 2.19. The Balaban J connectivity index is 2.07. The Kier molecular flexibility index (Phi) is 2.20. The van der Waals surface area contributed by atoms with Crippen molar-refractivity contribution in [2.24, 2.45) is 5.73 Å². The monoisotopic (exact) mass is 196 g/mol. The fourth-order valence-corrected chi connectivity index (χ4v) is 1.55. The molecule has 0 bridgehead atoms. The number of hydrogen-bond acceptors (Lipinski definition) is 4. The van der Waals surface area contributed by atoms with Crippen LogP contribution in [0.2, 0.25) is 0 Å². The molecule has 0 aliphatic carbocycles. The van der Waals surface area contributed by atoms with Crippen molar-refractivity contribution in [1.29, 1.82) is 0 Å². The summed E-state index contributed by atoms with van der Waals surface area (Å²) in [6, 6.07) is -0.905. The van der Waals surface area contributed by atoms with E-state index in [1.54, 1.807) is 0 Å². The molecule has 1 atom stereocenters. The first-order valence-electron chi connectivity index (χ1n) is 4.58. The Morgan fingerprint density at radius 3 is 3.14 bits per heavy atom. The van der Waals surface area contributed by atoms with E-state index in [1.165, 1.54) is 0 Å². The molecule has 2 rings (SSSR count). The molecule has 0 aromatic carbocycles. The van der Waals surface area contributed by atoms with Gasteiger partial charge in [0.2, 0.25) is 0 Å². The van der Waals surface area contributed by atoms with Gasteiger partial charge in [0.05, 0.1) is 0 Å². The Bertz CT molecular complexity index is 339. The van der Waals surface area contributed by atoms with Gasteiger partial charge in [-0.05, 0) is 6.42 Å². The fraction of sp³-hybridized carbons (Fsp3) is 0.625. The van der Waals surface area contributed by atoms with Crippen molar-refractivity contribution in [1.82, 2.24) is 14.8 Å². The number of hydrogen-bond donors (Lipinski definition) is 2. The minimum absolute atomic E-state index is 0.204.